The first-order chi connectivity index (χ1) is 15.7. The van der Waals surface area contributed by atoms with Crippen LogP contribution in [0.4, 0.5) is 0 Å². The molecule has 0 aliphatic heterocycles. The Morgan fingerprint density at radius 2 is 1.47 bits per heavy atom. The van der Waals surface area contributed by atoms with Crippen molar-refractivity contribution in [2.75, 3.05) is 0 Å². The number of esters is 1. The SMILES string of the molecule is Cn1c(CCc2ccccc2)nnc1COC(=O)c1ccc(CSc2ccccc2)cc1. The van der Waals surface area contributed by atoms with Gasteiger partial charge in [0.1, 0.15) is 5.82 Å². The third-order valence-electron chi connectivity index (χ3n) is 5.21. The number of carbonyl (C=O) groups is 1. The molecule has 0 atom stereocenters. The number of rotatable bonds is 9. The topological polar surface area (TPSA) is 57.0 Å². The Bertz CT molecular complexity index is 1140. The van der Waals surface area contributed by atoms with Gasteiger partial charge in [-0.3, -0.25) is 0 Å². The normalized spacial score (nSPS) is 10.8. The molecular weight excluding hydrogens is 418 g/mol. The molecular formula is C26H25N3O2S. The van der Waals surface area contributed by atoms with Crippen LogP contribution in [-0.4, -0.2) is 20.7 Å². The van der Waals surface area contributed by atoms with Gasteiger partial charge in [-0.05, 0) is 41.8 Å². The van der Waals surface area contributed by atoms with E-state index in [2.05, 4.69) is 34.5 Å². The molecule has 4 rings (SSSR count). The molecule has 0 bridgehead atoms. The highest BCUT2D eigenvalue weighted by Gasteiger charge is 2.13. The summed E-state index contributed by atoms with van der Waals surface area (Å²) in [5, 5.41) is 8.45. The van der Waals surface area contributed by atoms with Crippen LogP contribution in [0.2, 0.25) is 0 Å². The van der Waals surface area contributed by atoms with E-state index < -0.39 is 0 Å². The van der Waals surface area contributed by atoms with E-state index in [-0.39, 0.29) is 12.6 Å². The van der Waals surface area contributed by atoms with Crippen molar-refractivity contribution in [2.24, 2.45) is 7.05 Å². The smallest absolute Gasteiger partial charge is 0.338 e. The minimum atomic E-state index is -0.360. The van der Waals surface area contributed by atoms with Gasteiger partial charge in [0.2, 0.25) is 0 Å². The van der Waals surface area contributed by atoms with Crippen LogP contribution in [0.25, 0.3) is 0 Å². The first kappa shape index (κ1) is 21.8. The van der Waals surface area contributed by atoms with E-state index in [9.17, 15) is 4.79 Å². The molecule has 32 heavy (non-hydrogen) atoms. The number of aryl methyl sites for hydroxylation is 2. The van der Waals surface area contributed by atoms with Gasteiger partial charge in [-0.2, -0.15) is 0 Å². The quantitative estimate of drug-likeness (QED) is 0.261. The van der Waals surface area contributed by atoms with Crippen molar-refractivity contribution in [2.45, 2.75) is 30.1 Å². The molecule has 0 N–H and O–H groups in total. The molecule has 0 saturated carbocycles. The molecule has 0 aliphatic rings. The first-order valence-corrected chi connectivity index (χ1v) is 11.5. The first-order valence-electron chi connectivity index (χ1n) is 10.5. The van der Waals surface area contributed by atoms with E-state index >= 15 is 0 Å². The molecule has 3 aromatic carbocycles. The van der Waals surface area contributed by atoms with Crippen LogP contribution in [0.3, 0.4) is 0 Å². The Kier molecular flexibility index (Phi) is 7.35. The lowest BCUT2D eigenvalue weighted by molar-refractivity contribution is 0.0458. The van der Waals surface area contributed by atoms with E-state index in [1.165, 1.54) is 10.5 Å². The van der Waals surface area contributed by atoms with Gasteiger partial charge < -0.3 is 9.30 Å². The van der Waals surface area contributed by atoms with E-state index in [4.69, 9.17) is 4.74 Å². The van der Waals surface area contributed by atoms with E-state index in [0.29, 0.717) is 11.4 Å². The maximum atomic E-state index is 12.5. The fraction of sp³-hybridized carbons (Fsp3) is 0.192. The minimum absolute atomic E-state index is 0.0965. The third kappa shape index (κ3) is 5.86. The summed E-state index contributed by atoms with van der Waals surface area (Å²) in [6.07, 6.45) is 1.67. The zero-order valence-electron chi connectivity index (χ0n) is 18.0. The highest BCUT2D eigenvalue weighted by Crippen LogP contribution is 2.22. The van der Waals surface area contributed by atoms with E-state index in [1.54, 1.807) is 11.8 Å². The van der Waals surface area contributed by atoms with Crippen LogP contribution >= 0.6 is 11.8 Å². The van der Waals surface area contributed by atoms with Crippen LogP contribution in [0, 0.1) is 0 Å². The number of nitrogens with zero attached hydrogens (tertiary/aromatic N) is 3. The van der Waals surface area contributed by atoms with Gasteiger partial charge in [0, 0.05) is 24.1 Å². The number of benzene rings is 3. The Morgan fingerprint density at radius 3 is 2.19 bits per heavy atom. The van der Waals surface area contributed by atoms with Crippen molar-refractivity contribution >= 4 is 17.7 Å². The summed E-state index contributed by atoms with van der Waals surface area (Å²) >= 11 is 1.77. The molecule has 0 saturated heterocycles. The summed E-state index contributed by atoms with van der Waals surface area (Å²) in [6, 6.07) is 28.1. The predicted octanol–water partition coefficient (Wildman–Crippen LogP) is 5.25. The fourth-order valence-corrected chi connectivity index (χ4v) is 4.15. The molecule has 0 unspecified atom stereocenters. The second-order valence-corrected chi connectivity index (χ2v) is 8.50. The van der Waals surface area contributed by atoms with Crippen LogP contribution < -0.4 is 0 Å². The van der Waals surface area contributed by atoms with Crippen LogP contribution in [-0.2, 0) is 37.0 Å². The largest absolute Gasteiger partial charge is 0.454 e. The Morgan fingerprint density at radius 1 is 0.812 bits per heavy atom. The Balaban J connectivity index is 1.27. The summed E-state index contributed by atoms with van der Waals surface area (Å²) in [4.78, 5) is 13.7. The predicted molar refractivity (Wildman–Crippen MR) is 126 cm³/mol. The number of hydrogen-bond acceptors (Lipinski definition) is 5. The van der Waals surface area contributed by atoms with Crippen molar-refractivity contribution in [1.82, 2.24) is 14.8 Å². The summed E-state index contributed by atoms with van der Waals surface area (Å²) in [7, 11) is 1.91. The molecule has 4 aromatic rings. The lowest BCUT2D eigenvalue weighted by Gasteiger charge is -2.07. The fourth-order valence-electron chi connectivity index (χ4n) is 3.28. The lowest BCUT2D eigenvalue weighted by Crippen LogP contribution is -2.09. The van der Waals surface area contributed by atoms with Crippen molar-refractivity contribution < 1.29 is 9.53 Å². The molecule has 6 heteroatoms. The number of carbonyl (C=O) groups excluding carboxylic acids is 1. The summed E-state index contributed by atoms with van der Waals surface area (Å²) < 4.78 is 7.38. The summed E-state index contributed by atoms with van der Waals surface area (Å²) in [5.74, 6) is 2.00. The van der Waals surface area contributed by atoms with Gasteiger partial charge in [-0.25, -0.2) is 4.79 Å². The molecule has 0 fully saturated rings. The molecule has 1 heterocycles. The lowest BCUT2D eigenvalue weighted by atomic mass is 10.1. The molecule has 0 amide bonds. The van der Waals surface area contributed by atoms with Gasteiger partial charge >= 0.3 is 5.97 Å². The average Bonchev–Trinajstić information content (AvgIpc) is 3.20. The van der Waals surface area contributed by atoms with Crippen molar-refractivity contribution in [3.8, 4) is 0 Å². The zero-order chi connectivity index (χ0) is 22.2. The summed E-state index contributed by atoms with van der Waals surface area (Å²) in [6.45, 7) is 0.0965. The molecule has 0 spiro atoms. The summed E-state index contributed by atoms with van der Waals surface area (Å²) in [5.41, 5.74) is 2.95. The molecule has 0 radical (unpaired) electrons. The van der Waals surface area contributed by atoms with Crippen LogP contribution in [0.1, 0.15) is 33.1 Å². The maximum Gasteiger partial charge on any atom is 0.338 e. The highest BCUT2D eigenvalue weighted by molar-refractivity contribution is 7.98. The number of thioether (sulfide) groups is 1. The molecule has 5 nitrogen and oxygen atoms in total. The second-order valence-electron chi connectivity index (χ2n) is 7.45. The average molecular weight is 444 g/mol. The van der Waals surface area contributed by atoms with Crippen molar-refractivity contribution in [3.05, 3.63) is 113 Å². The second kappa shape index (κ2) is 10.8. The number of hydrogen-bond donors (Lipinski definition) is 0. The Hall–Kier alpha value is -3.38. The van der Waals surface area contributed by atoms with Crippen LogP contribution in [0.15, 0.2) is 89.8 Å². The minimum Gasteiger partial charge on any atom is -0.454 e. The molecule has 0 aliphatic carbocycles. The Labute approximate surface area is 192 Å². The zero-order valence-corrected chi connectivity index (χ0v) is 18.8. The van der Waals surface area contributed by atoms with Crippen LogP contribution in [0.5, 0.6) is 0 Å². The monoisotopic (exact) mass is 443 g/mol. The molecule has 1 aromatic heterocycles. The van der Waals surface area contributed by atoms with Gasteiger partial charge in [-0.1, -0.05) is 60.7 Å². The van der Waals surface area contributed by atoms with Gasteiger partial charge in [0.25, 0.3) is 0 Å². The number of ether oxygens (including phenoxy) is 1. The van der Waals surface area contributed by atoms with Gasteiger partial charge in [0.15, 0.2) is 12.4 Å². The molecule has 162 valence electrons. The number of aromatic nitrogens is 3. The van der Waals surface area contributed by atoms with E-state index in [0.717, 1.165) is 30.0 Å². The maximum absolute atomic E-state index is 12.5. The van der Waals surface area contributed by atoms with Gasteiger partial charge in [-0.15, -0.1) is 22.0 Å². The highest BCUT2D eigenvalue weighted by atomic mass is 32.2. The third-order valence-corrected chi connectivity index (χ3v) is 6.29. The van der Waals surface area contributed by atoms with Crippen molar-refractivity contribution in [1.29, 1.82) is 0 Å². The van der Waals surface area contributed by atoms with E-state index in [1.807, 2.05) is 72.3 Å². The standard InChI is InChI=1S/C26H25N3O2S/c1-29-24(17-14-20-8-4-2-5-9-20)27-28-25(29)18-31-26(30)22-15-12-21(13-16-22)19-32-23-10-6-3-7-11-23/h2-13,15-16H,14,17-19H2,1H3. The van der Waals surface area contributed by atoms with Crippen molar-refractivity contribution in [3.63, 3.8) is 0 Å². The van der Waals surface area contributed by atoms with Gasteiger partial charge in [0.05, 0.1) is 5.56 Å².